The Hall–Kier alpha value is -3.53. The first kappa shape index (κ1) is 16.0. The SMILES string of the molecule is O=C(COC(=O)c1ccc2ccccc2n1)c1ccc2ccccc2c1. The Morgan fingerprint density at radius 2 is 1.46 bits per heavy atom. The second-order valence-corrected chi connectivity index (χ2v) is 5.95. The van der Waals surface area contributed by atoms with Crippen LogP contribution in [0.1, 0.15) is 20.8 Å². The number of esters is 1. The zero-order chi connectivity index (χ0) is 17.9. The van der Waals surface area contributed by atoms with Crippen LogP contribution in [0.5, 0.6) is 0 Å². The van der Waals surface area contributed by atoms with Crippen LogP contribution in [0, 0.1) is 0 Å². The summed E-state index contributed by atoms with van der Waals surface area (Å²) in [5.74, 6) is -0.852. The van der Waals surface area contributed by atoms with Gasteiger partial charge in [-0.3, -0.25) is 4.79 Å². The molecule has 0 bridgehead atoms. The van der Waals surface area contributed by atoms with E-state index in [0.29, 0.717) is 11.1 Å². The van der Waals surface area contributed by atoms with Crippen molar-refractivity contribution < 1.29 is 14.3 Å². The molecule has 26 heavy (non-hydrogen) atoms. The van der Waals surface area contributed by atoms with Gasteiger partial charge in [0.15, 0.2) is 12.4 Å². The summed E-state index contributed by atoms with van der Waals surface area (Å²) in [7, 11) is 0. The number of para-hydroxylation sites is 1. The number of benzene rings is 3. The zero-order valence-corrected chi connectivity index (χ0v) is 13.9. The Labute approximate surface area is 150 Å². The lowest BCUT2D eigenvalue weighted by Crippen LogP contribution is -2.15. The van der Waals surface area contributed by atoms with Crippen molar-refractivity contribution in [1.29, 1.82) is 0 Å². The lowest BCUT2D eigenvalue weighted by Gasteiger charge is -2.06. The molecule has 3 aromatic carbocycles. The van der Waals surface area contributed by atoms with E-state index in [0.717, 1.165) is 16.2 Å². The molecule has 1 heterocycles. The van der Waals surface area contributed by atoms with Gasteiger partial charge in [0.1, 0.15) is 5.69 Å². The molecular formula is C22H15NO3. The van der Waals surface area contributed by atoms with Gasteiger partial charge in [0, 0.05) is 10.9 Å². The smallest absolute Gasteiger partial charge is 0.357 e. The zero-order valence-electron chi connectivity index (χ0n) is 13.9. The fourth-order valence-corrected chi connectivity index (χ4v) is 2.83. The first-order valence-corrected chi connectivity index (χ1v) is 8.26. The van der Waals surface area contributed by atoms with Crippen LogP contribution in [0.3, 0.4) is 0 Å². The van der Waals surface area contributed by atoms with Crippen LogP contribution < -0.4 is 0 Å². The number of nitrogens with zero attached hydrogens (tertiary/aromatic N) is 1. The third-order valence-corrected chi connectivity index (χ3v) is 4.21. The topological polar surface area (TPSA) is 56.3 Å². The second-order valence-electron chi connectivity index (χ2n) is 5.95. The monoisotopic (exact) mass is 341 g/mol. The molecule has 1 aromatic heterocycles. The fraction of sp³-hybridized carbons (Fsp3) is 0.0455. The molecule has 0 spiro atoms. The molecule has 4 aromatic rings. The summed E-state index contributed by atoms with van der Waals surface area (Å²) in [4.78, 5) is 28.8. The molecule has 0 amide bonds. The summed E-state index contributed by atoms with van der Waals surface area (Å²) in [6.07, 6.45) is 0. The molecule has 0 aliphatic rings. The summed E-state index contributed by atoms with van der Waals surface area (Å²) in [5, 5.41) is 2.97. The average molecular weight is 341 g/mol. The molecule has 4 rings (SSSR count). The predicted molar refractivity (Wildman–Crippen MR) is 100 cm³/mol. The highest BCUT2D eigenvalue weighted by atomic mass is 16.5. The number of hydrogen-bond donors (Lipinski definition) is 0. The van der Waals surface area contributed by atoms with E-state index in [4.69, 9.17) is 4.74 Å². The molecular weight excluding hydrogens is 326 g/mol. The van der Waals surface area contributed by atoms with Crippen LogP contribution in [0.2, 0.25) is 0 Å². The van der Waals surface area contributed by atoms with Crippen LogP contribution >= 0.6 is 0 Å². The fourth-order valence-electron chi connectivity index (χ4n) is 2.83. The first-order chi connectivity index (χ1) is 12.7. The molecule has 0 unspecified atom stereocenters. The van der Waals surface area contributed by atoms with Gasteiger partial charge >= 0.3 is 5.97 Å². The predicted octanol–water partition coefficient (Wildman–Crippen LogP) is 4.43. The van der Waals surface area contributed by atoms with E-state index in [1.54, 1.807) is 18.2 Å². The highest BCUT2D eigenvalue weighted by Gasteiger charge is 2.13. The molecule has 0 saturated carbocycles. The van der Waals surface area contributed by atoms with Crippen LogP contribution in [-0.2, 0) is 4.74 Å². The molecule has 0 radical (unpaired) electrons. The minimum absolute atomic E-state index is 0.190. The number of pyridine rings is 1. The van der Waals surface area contributed by atoms with E-state index in [1.807, 2.05) is 60.7 Å². The molecule has 0 aliphatic carbocycles. The van der Waals surface area contributed by atoms with E-state index in [2.05, 4.69) is 4.98 Å². The summed E-state index contributed by atoms with van der Waals surface area (Å²) in [5.41, 5.74) is 1.42. The van der Waals surface area contributed by atoms with Gasteiger partial charge < -0.3 is 4.74 Å². The number of carbonyl (C=O) groups is 2. The van der Waals surface area contributed by atoms with Gasteiger partial charge in [-0.05, 0) is 29.0 Å². The number of rotatable bonds is 4. The van der Waals surface area contributed by atoms with Crippen molar-refractivity contribution in [3.8, 4) is 0 Å². The van der Waals surface area contributed by atoms with Crippen molar-refractivity contribution in [3.05, 3.63) is 90.1 Å². The van der Waals surface area contributed by atoms with Gasteiger partial charge in [-0.2, -0.15) is 0 Å². The maximum Gasteiger partial charge on any atom is 0.357 e. The molecule has 0 saturated heterocycles. The van der Waals surface area contributed by atoms with Crippen LogP contribution in [0.25, 0.3) is 21.7 Å². The standard InChI is InChI=1S/C22H15NO3/c24-21(18-10-9-15-5-1-2-7-17(15)13-18)14-26-22(25)20-12-11-16-6-3-4-8-19(16)23-20/h1-13H,14H2. The third kappa shape index (κ3) is 3.17. The number of fused-ring (bicyclic) bond motifs is 2. The Kier molecular flexibility index (Phi) is 4.15. The molecule has 4 nitrogen and oxygen atoms in total. The quantitative estimate of drug-likeness (QED) is 0.407. The van der Waals surface area contributed by atoms with Crippen LogP contribution in [0.4, 0.5) is 0 Å². The van der Waals surface area contributed by atoms with Crippen molar-refractivity contribution in [2.24, 2.45) is 0 Å². The second kappa shape index (κ2) is 6.76. The molecule has 0 N–H and O–H groups in total. The van der Waals surface area contributed by atoms with Gasteiger partial charge in [-0.25, -0.2) is 9.78 Å². The normalized spacial score (nSPS) is 10.8. The van der Waals surface area contributed by atoms with Gasteiger partial charge in [-0.1, -0.05) is 60.7 Å². The summed E-state index contributed by atoms with van der Waals surface area (Å²) in [6.45, 7) is -0.314. The lowest BCUT2D eigenvalue weighted by atomic mass is 10.0. The van der Waals surface area contributed by atoms with E-state index in [-0.39, 0.29) is 18.1 Å². The number of hydrogen-bond acceptors (Lipinski definition) is 4. The summed E-state index contributed by atoms with van der Waals surface area (Å²) >= 11 is 0. The molecule has 0 fully saturated rings. The van der Waals surface area contributed by atoms with Gasteiger partial charge in [0.2, 0.25) is 0 Å². The van der Waals surface area contributed by atoms with Crippen LogP contribution in [0.15, 0.2) is 78.9 Å². The Bertz CT molecular complexity index is 1040. The van der Waals surface area contributed by atoms with Crippen molar-refractivity contribution >= 4 is 33.4 Å². The van der Waals surface area contributed by atoms with Gasteiger partial charge in [-0.15, -0.1) is 0 Å². The highest BCUT2D eigenvalue weighted by Crippen LogP contribution is 2.16. The minimum Gasteiger partial charge on any atom is -0.453 e. The maximum absolute atomic E-state index is 12.3. The minimum atomic E-state index is -0.607. The largest absolute Gasteiger partial charge is 0.453 e. The van der Waals surface area contributed by atoms with Crippen molar-refractivity contribution in [2.75, 3.05) is 6.61 Å². The Morgan fingerprint density at radius 3 is 2.31 bits per heavy atom. The third-order valence-electron chi connectivity index (χ3n) is 4.21. The molecule has 0 atom stereocenters. The number of ketones is 1. The number of ether oxygens (including phenoxy) is 1. The number of aromatic nitrogens is 1. The molecule has 126 valence electrons. The number of Topliss-reactive ketones (excluding diaryl/α,β-unsaturated/α-hetero) is 1. The van der Waals surface area contributed by atoms with E-state index >= 15 is 0 Å². The average Bonchev–Trinajstić information content (AvgIpc) is 2.71. The maximum atomic E-state index is 12.3. The molecule has 0 aliphatic heterocycles. The van der Waals surface area contributed by atoms with Crippen molar-refractivity contribution in [2.45, 2.75) is 0 Å². The number of carbonyl (C=O) groups excluding carboxylic acids is 2. The van der Waals surface area contributed by atoms with E-state index < -0.39 is 5.97 Å². The van der Waals surface area contributed by atoms with Gasteiger partial charge in [0.05, 0.1) is 5.52 Å². The first-order valence-electron chi connectivity index (χ1n) is 8.26. The van der Waals surface area contributed by atoms with Gasteiger partial charge in [0.25, 0.3) is 0 Å². The summed E-state index contributed by atoms with van der Waals surface area (Å²) < 4.78 is 5.15. The Balaban J connectivity index is 1.47. The van der Waals surface area contributed by atoms with Crippen LogP contribution in [-0.4, -0.2) is 23.3 Å². The molecule has 4 heteroatoms. The van der Waals surface area contributed by atoms with Crippen molar-refractivity contribution in [3.63, 3.8) is 0 Å². The van der Waals surface area contributed by atoms with Crippen molar-refractivity contribution in [1.82, 2.24) is 4.98 Å². The van der Waals surface area contributed by atoms with E-state index in [9.17, 15) is 9.59 Å². The van der Waals surface area contributed by atoms with E-state index in [1.165, 1.54) is 0 Å². The summed E-state index contributed by atoms with van der Waals surface area (Å²) in [6, 6.07) is 24.1. The lowest BCUT2D eigenvalue weighted by molar-refractivity contribution is 0.0469. The Morgan fingerprint density at radius 1 is 0.769 bits per heavy atom. The highest BCUT2D eigenvalue weighted by molar-refractivity contribution is 6.02.